The number of nitrogens with zero attached hydrogens (tertiary/aromatic N) is 1. The number of benzene rings is 2. The van der Waals surface area contributed by atoms with Gasteiger partial charge in [0.15, 0.2) is 5.78 Å². The Labute approximate surface area is 154 Å². The van der Waals surface area contributed by atoms with E-state index in [0.29, 0.717) is 10.6 Å². The van der Waals surface area contributed by atoms with Crippen LogP contribution < -0.4 is 0 Å². The van der Waals surface area contributed by atoms with Gasteiger partial charge in [0.1, 0.15) is 0 Å². The lowest BCUT2D eigenvalue weighted by atomic mass is 10.0. The van der Waals surface area contributed by atoms with E-state index in [-0.39, 0.29) is 5.78 Å². The van der Waals surface area contributed by atoms with Gasteiger partial charge in [-0.05, 0) is 36.8 Å². The van der Waals surface area contributed by atoms with Crippen LogP contribution in [0.2, 0.25) is 5.02 Å². The number of fused-ring (bicyclic) bond motifs is 1. The van der Waals surface area contributed by atoms with Crippen molar-refractivity contribution >= 4 is 28.3 Å². The molecule has 3 aromatic rings. The van der Waals surface area contributed by atoms with Crippen molar-refractivity contribution < 1.29 is 4.79 Å². The first kappa shape index (κ1) is 17.8. The highest BCUT2D eigenvalue weighted by atomic mass is 35.5. The minimum atomic E-state index is 0.0533. The number of unbranched alkanes of at least 4 members (excludes halogenated alkanes) is 4. The molecule has 3 rings (SSSR count). The number of para-hydroxylation sites is 1. The van der Waals surface area contributed by atoms with E-state index in [2.05, 4.69) is 17.6 Å². The summed E-state index contributed by atoms with van der Waals surface area (Å²) in [7, 11) is 0. The molecule has 1 heterocycles. The molecule has 0 spiro atoms. The molecule has 0 aliphatic heterocycles. The van der Waals surface area contributed by atoms with Crippen LogP contribution in [-0.4, -0.2) is 10.4 Å². The van der Waals surface area contributed by atoms with Crippen molar-refractivity contribution in [2.75, 3.05) is 0 Å². The number of rotatable bonds is 8. The van der Waals surface area contributed by atoms with Crippen LogP contribution in [0.25, 0.3) is 10.9 Å². The van der Waals surface area contributed by atoms with Crippen molar-refractivity contribution in [3.05, 3.63) is 70.9 Å². The van der Waals surface area contributed by atoms with Gasteiger partial charge in [-0.15, -0.1) is 0 Å². The fourth-order valence-electron chi connectivity index (χ4n) is 3.26. The second-order valence-electron chi connectivity index (χ2n) is 6.50. The van der Waals surface area contributed by atoms with E-state index in [9.17, 15) is 4.79 Å². The molecule has 0 aliphatic carbocycles. The zero-order valence-electron chi connectivity index (χ0n) is 14.7. The van der Waals surface area contributed by atoms with Crippen molar-refractivity contribution in [2.24, 2.45) is 0 Å². The molecule has 0 radical (unpaired) electrons. The maximum atomic E-state index is 12.9. The number of carbonyl (C=O) groups is 1. The molecule has 3 heteroatoms. The predicted octanol–water partition coefficient (Wildman–Crippen LogP) is 6.50. The zero-order chi connectivity index (χ0) is 17.6. The Balaban J connectivity index is 1.85. The minimum Gasteiger partial charge on any atom is -0.347 e. The topological polar surface area (TPSA) is 22.0 Å². The largest absolute Gasteiger partial charge is 0.347 e. The molecule has 0 atom stereocenters. The van der Waals surface area contributed by atoms with E-state index in [4.69, 9.17) is 11.6 Å². The average Bonchev–Trinajstić information content (AvgIpc) is 3.00. The first-order valence-electron chi connectivity index (χ1n) is 9.09. The van der Waals surface area contributed by atoms with E-state index >= 15 is 0 Å². The van der Waals surface area contributed by atoms with Gasteiger partial charge in [0.05, 0.1) is 0 Å². The molecule has 2 nitrogen and oxygen atoms in total. The molecule has 0 aliphatic rings. The third-order valence-corrected chi connectivity index (χ3v) is 4.89. The summed E-state index contributed by atoms with van der Waals surface area (Å²) in [4.78, 5) is 12.9. The van der Waals surface area contributed by atoms with Gasteiger partial charge in [-0.25, -0.2) is 0 Å². The quantitative estimate of drug-likeness (QED) is 0.335. The molecule has 0 unspecified atom stereocenters. The number of aryl methyl sites for hydroxylation is 1. The lowest BCUT2D eigenvalue weighted by Crippen LogP contribution is -2.01. The van der Waals surface area contributed by atoms with Crippen LogP contribution in [-0.2, 0) is 6.54 Å². The Hall–Kier alpha value is -2.06. The van der Waals surface area contributed by atoms with E-state index in [0.717, 1.165) is 29.4 Å². The molecule has 130 valence electrons. The normalized spacial score (nSPS) is 11.1. The van der Waals surface area contributed by atoms with Gasteiger partial charge < -0.3 is 4.57 Å². The summed E-state index contributed by atoms with van der Waals surface area (Å²) < 4.78 is 2.23. The van der Waals surface area contributed by atoms with Gasteiger partial charge in [-0.2, -0.15) is 0 Å². The van der Waals surface area contributed by atoms with Gasteiger partial charge in [0.25, 0.3) is 0 Å². The van der Waals surface area contributed by atoms with Crippen LogP contribution in [0.3, 0.4) is 0 Å². The van der Waals surface area contributed by atoms with E-state index in [1.165, 1.54) is 25.7 Å². The van der Waals surface area contributed by atoms with Crippen LogP contribution in [0.5, 0.6) is 0 Å². The van der Waals surface area contributed by atoms with Crippen molar-refractivity contribution in [1.29, 1.82) is 0 Å². The second kappa shape index (κ2) is 8.35. The van der Waals surface area contributed by atoms with E-state index in [1.54, 1.807) is 24.3 Å². The molecule has 0 saturated heterocycles. The fraction of sp³-hybridized carbons (Fsp3) is 0.318. The number of aromatic nitrogens is 1. The first-order valence-corrected chi connectivity index (χ1v) is 9.46. The maximum Gasteiger partial charge on any atom is 0.195 e. The maximum absolute atomic E-state index is 12.9. The Kier molecular flexibility index (Phi) is 5.93. The van der Waals surface area contributed by atoms with Crippen LogP contribution in [0.1, 0.15) is 54.9 Å². The van der Waals surface area contributed by atoms with Gasteiger partial charge in [0.2, 0.25) is 0 Å². The van der Waals surface area contributed by atoms with Crippen LogP contribution >= 0.6 is 11.6 Å². The summed E-state index contributed by atoms with van der Waals surface area (Å²) >= 11 is 5.94. The van der Waals surface area contributed by atoms with Crippen molar-refractivity contribution in [1.82, 2.24) is 4.57 Å². The molecular formula is C22H24ClNO. The zero-order valence-corrected chi connectivity index (χ0v) is 15.4. The lowest BCUT2D eigenvalue weighted by molar-refractivity contribution is 0.104. The Bertz CT molecular complexity index is 848. The third kappa shape index (κ3) is 4.13. The van der Waals surface area contributed by atoms with Crippen LogP contribution in [0.15, 0.2) is 54.7 Å². The SMILES string of the molecule is CCCCCCCn1cc(C(=O)c2ccc(Cl)cc2)c2ccccc21. The number of hydrogen-bond donors (Lipinski definition) is 0. The van der Waals surface area contributed by atoms with Crippen molar-refractivity contribution in [3.63, 3.8) is 0 Å². The monoisotopic (exact) mass is 353 g/mol. The summed E-state index contributed by atoms with van der Waals surface area (Å²) in [6, 6.07) is 15.3. The fourth-order valence-corrected chi connectivity index (χ4v) is 3.38. The molecule has 0 amide bonds. The predicted molar refractivity (Wildman–Crippen MR) is 106 cm³/mol. The molecule has 25 heavy (non-hydrogen) atoms. The van der Waals surface area contributed by atoms with Crippen LogP contribution in [0.4, 0.5) is 0 Å². The van der Waals surface area contributed by atoms with Gasteiger partial charge in [0, 0.05) is 39.8 Å². The third-order valence-electron chi connectivity index (χ3n) is 4.64. The highest BCUT2D eigenvalue weighted by molar-refractivity contribution is 6.30. The highest BCUT2D eigenvalue weighted by Gasteiger charge is 2.16. The number of carbonyl (C=O) groups excluding carboxylic acids is 1. The van der Waals surface area contributed by atoms with E-state index < -0.39 is 0 Å². The Morgan fingerprint density at radius 3 is 2.44 bits per heavy atom. The standard InChI is InChI=1S/C22H24ClNO/c1-2-3-4-5-8-15-24-16-20(19-9-6-7-10-21(19)24)22(25)17-11-13-18(23)14-12-17/h6-7,9-14,16H,2-5,8,15H2,1H3. The summed E-state index contributed by atoms with van der Waals surface area (Å²) in [6.45, 7) is 3.19. The summed E-state index contributed by atoms with van der Waals surface area (Å²) in [5.74, 6) is 0.0533. The molecular weight excluding hydrogens is 330 g/mol. The van der Waals surface area contributed by atoms with Gasteiger partial charge in [-0.3, -0.25) is 4.79 Å². The van der Waals surface area contributed by atoms with Crippen molar-refractivity contribution in [3.8, 4) is 0 Å². The highest BCUT2D eigenvalue weighted by Crippen LogP contribution is 2.25. The lowest BCUT2D eigenvalue weighted by Gasteiger charge is -2.04. The second-order valence-corrected chi connectivity index (χ2v) is 6.94. The molecule has 1 aromatic heterocycles. The number of hydrogen-bond acceptors (Lipinski definition) is 1. The summed E-state index contributed by atoms with van der Waals surface area (Å²) in [5, 5.41) is 1.67. The molecule has 0 N–H and O–H groups in total. The molecule has 0 bridgehead atoms. The van der Waals surface area contributed by atoms with Crippen LogP contribution in [0, 0.1) is 0 Å². The number of ketones is 1. The Morgan fingerprint density at radius 2 is 1.68 bits per heavy atom. The molecule has 0 fully saturated rings. The van der Waals surface area contributed by atoms with Gasteiger partial charge >= 0.3 is 0 Å². The summed E-state index contributed by atoms with van der Waals surface area (Å²) in [5.41, 5.74) is 2.58. The smallest absolute Gasteiger partial charge is 0.195 e. The number of halogens is 1. The first-order chi connectivity index (χ1) is 12.2. The van der Waals surface area contributed by atoms with Gasteiger partial charge in [-0.1, -0.05) is 62.4 Å². The summed E-state index contributed by atoms with van der Waals surface area (Å²) in [6.07, 6.45) is 8.24. The Morgan fingerprint density at radius 1 is 0.960 bits per heavy atom. The van der Waals surface area contributed by atoms with E-state index in [1.807, 2.05) is 24.4 Å². The molecule has 2 aromatic carbocycles. The average molecular weight is 354 g/mol. The van der Waals surface area contributed by atoms with Crippen molar-refractivity contribution in [2.45, 2.75) is 45.6 Å². The minimum absolute atomic E-state index is 0.0533. The molecule has 0 saturated carbocycles.